The van der Waals surface area contributed by atoms with Gasteiger partial charge in [0.1, 0.15) is 5.82 Å². The molecule has 2 rings (SSSR count). The Kier molecular flexibility index (Phi) is 5.17. The average Bonchev–Trinajstić information content (AvgIpc) is 2.99. The Morgan fingerprint density at radius 1 is 1.43 bits per heavy atom. The van der Waals surface area contributed by atoms with Crippen LogP contribution in [0, 0.1) is 11.7 Å². The highest BCUT2D eigenvalue weighted by Gasteiger charge is 2.20. The molecule has 1 amide bonds. The van der Waals surface area contributed by atoms with Gasteiger partial charge in [-0.1, -0.05) is 20.3 Å². The summed E-state index contributed by atoms with van der Waals surface area (Å²) in [6, 6.07) is 4.26. The summed E-state index contributed by atoms with van der Waals surface area (Å²) in [5, 5.41) is 2.69. The molecule has 0 bridgehead atoms. The van der Waals surface area contributed by atoms with E-state index in [2.05, 4.69) is 5.32 Å². The first-order valence-electron chi connectivity index (χ1n) is 7.64. The number of nitrogens with two attached hydrogens (primary N) is 1. The maximum Gasteiger partial charge on any atom is 0.241 e. The van der Waals surface area contributed by atoms with Crippen LogP contribution >= 0.6 is 0 Å². The van der Waals surface area contributed by atoms with E-state index in [-0.39, 0.29) is 17.6 Å². The smallest absolute Gasteiger partial charge is 0.241 e. The van der Waals surface area contributed by atoms with Gasteiger partial charge in [-0.05, 0) is 37.0 Å². The second kappa shape index (κ2) is 6.89. The summed E-state index contributed by atoms with van der Waals surface area (Å²) < 4.78 is 14.2. The number of benzene rings is 1. The van der Waals surface area contributed by atoms with E-state index in [0.29, 0.717) is 11.4 Å². The van der Waals surface area contributed by atoms with Crippen molar-refractivity contribution in [2.45, 2.75) is 39.2 Å². The topological polar surface area (TPSA) is 58.4 Å². The van der Waals surface area contributed by atoms with Crippen molar-refractivity contribution < 1.29 is 9.18 Å². The van der Waals surface area contributed by atoms with Crippen LogP contribution in [0.1, 0.15) is 33.1 Å². The normalized spacial score (nSPS) is 17.6. The van der Waals surface area contributed by atoms with Gasteiger partial charge in [-0.25, -0.2) is 4.39 Å². The molecule has 1 saturated heterocycles. The van der Waals surface area contributed by atoms with E-state index in [0.717, 1.165) is 32.4 Å². The summed E-state index contributed by atoms with van der Waals surface area (Å²) in [7, 11) is 0. The van der Waals surface area contributed by atoms with Crippen molar-refractivity contribution in [1.29, 1.82) is 0 Å². The summed E-state index contributed by atoms with van der Waals surface area (Å²) in [5.74, 6) is -0.469. The lowest BCUT2D eigenvalue weighted by atomic mass is 9.99. The van der Waals surface area contributed by atoms with Gasteiger partial charge in [0, 0.05) is 18.8 Å². The highest BCUT2D eigenvalue weighted by atomic mass is 19.1. The largest absolute Gasteiger partial charge is 0.369 e. The first-order chi connectivity index (χ1) is 10.0. The van der Waals surface area contributed by atoms with Crippen LogP contribution in [-0.4, -0.2) is 25.0 Å². The molecule has 0 saturated carbocycles. The molecule has 21 heavy (non-hydrogen) atoms. The van der Waals surface area contributed by atoms with E-state index in [1.165, 1.54) is 6.07 Å². The number of halogens is 1. The van der Waals surface area contributed by atoms with E-state index in [1.54, 1.807) is 12.1 Å². The molecule has 0 aromatic heterocycles. The molecular weight excluding hydrogens is 269 g/mol. The zero-order valence-electron chi connectivity index (χ0n) is 12.7. The number of anilines is 2. The Labute approximate surface area is 125 Å². The van der Waals surface area contributed by atoms with Crippen molar-refractivity contribution in [1.82, 2.24) is 0 Å². The molecule has 1 aliphatic rings. The lowest BCUT2D eigenvalue weighted by molar-refractivity contribution is -0.118. The van der Waals surface area contributed by atoms with Crippen LogP contribution < -0.4 is 16.0 Å². The zero-order chi connectivity index (χ0) is 15.4. The van der Waals surface area contributed by atoms with Crippen LogP contribution in [0.4, 0.5) is 15.8 Å². The molecule has 2 atom stereocenters. The van der Waals surface area contributed by atoms with E-state index < -0.39 is 6.04 Å². The van der Waals surface area contributed by atoms with E-state index in [4.69, 9.17) is 5.73 Å². The Morgan fingerprint density at radius 3 is 2.67 bits per heavy atom. The lowest BCUT2D eigenvalue weighted by Crippen LogP contribution is -2.40. The van der Waals surface area contributed by atoms with Gasteiger partial charge in [-0.2, -0.15) is 0 Å². The highest BCUT2D eigenvalue weighted by Crippen LogP contribution is 2.26. The SMILES string of the molecule is CC[C@H](C)[C@H](N)C(=O)Nc1ccc(N2CCCC2)c(F)c1. The number of nitrogens with zero attached hydrogens (tertiary/aromatic N) is 1. The second-order valence-electron chi connectivity index (χ2n) is 5.76. The number of rotatable bonds is 5. The summed E-state index contributed by atoms with van der Waals surface area (Å²) in [4.78, 5) is 14.0. The molecule has 116 valence electrons. The summed E-state index contributed by atoms with van der Waals surface area (Å²) in [5.41, 5.74) is 6.94. The maximum absolute atomic E-state index is 14.2. The van der Waals surface area contributed by atoms with Gasteiger partial charge < -0.3 is 16.0 Å². The molecule has 1 aromatic carbocycles. The first kappa shape index (κ1) is 15.8. The van der Waals surface area contributed by atoms with E-state index in [9.17, 15) is 9.18 Å². The monoisotopic (exact) mass is 293 g/mol. The van der Waals surface area contributed by atoms with Gasteiger partial charge in [-0.15, -0.1) is 0 Å². The molecule has 5 heteroatoms. The van der Waals surface area contributed by atoms with Gasteiger partial charge in [0.2, 0.25) is 5.91 Å². The minimum absolute atomic E-state index is 0.0960. The fraction of sp³-hybridized carbons (Fsp3) is 0.562. The van der Waals surface area contributed by atoms with Crippen molar-refractivity contribution >= 4 is 17.3 Å². The Morgan fingerprint density at radius 2 is 2.10 bits per heavy atom. The predicted molar refractivity (Wildman–Crippen MR) is 83.9 cm³/mol. The van der Waals surface area contributed by atoms with Gasteiger partial charge in [0.15, 0.2) is 0 Å². The Bertz CT molecular complexity index is 500. The highest BCUT2D eigenvalue weighted by molar-refractivity contribution is 5.95. The third kappa shape index (κ3) is 3.73. The van der Waals surface area contributed by atoms with Gasteiger partial charge in [-0.3, -0.25) is 4.79 Å². The van der Waals surface area contributed by atoms with Crippen molar-refractivity contribution in [2.75, 3.05) is 23.3 Å². The molecule has 1 heterocycles. The van der Waals surface area contributed by atoms with Crippen molar-refractivity contribution in [3.05, 3.63) is 24.0 Å². The van der Waals surface area contributed by atoms with E-state index >= 15 is 0 Å². The summed E-state index contributed by atoms with van der Waals surface area (Å²) in [6.07, 6.45) is 3.03. The third-order valence-corrected chi connectivity index (χ3v) is 4.22. The molecule has 1 aromatic rings. The summed E-state index contributed by atoms with van der Waals surface area (Å²) in [6.45, 7) is 5.70. The third-order valence-electron chi connectivity index (χ3n) is 4.22. The van der Waals surface area contributed by atoms with E-state index in [1.807, 2.05) is 18.7 Å². The molecular formula is C16H24FN3O. The second-order valence-corrected chi connectivity index (χ2v) is 5.76. The van der Waals surface area contributed by atoms with Crippen molar-refractivity contribution in [3.8, 4) is 0 Å². The fourth-order valence-electron chi connectivity index (χ4n) is 2.54. The van der Waals surface area contributed by atoms with Gasteiger partial charge in [0.05, 0.1) is 11.7 Å². The number of nitrogens with one attached hydrogen (secondary N) is 1. The number of carbonyl (C=O) groups is 1. The molecule has 0 spiro atoms. The Hall–Kier alpha value is -1.62. The predicted octanol–water partition coefficient (Wildman–Crippen LogP) is 2.74. The quantitative estimate of drug-likeness (QED) is 0.877. The number of amides is 1. The Balaban J connectivity index is 2.04. The molecule has 0 radical (unpaired) electrons. The van der Waals surface area contributed by atoms with Crippen LogP contribution in [0.5, 0.6) is 0 Å². The van der Waals surface area contributed by atoms with Crippen molar-refractivity contribution in [2.24, 2.45) is 11.7 Å². The zero-order valence-corrected chi connectivity index (χ0v) is 12.7. The number of hydrogen-bond donors (Lipinski definition) is 2. The minimum atomic E-state index is -0.573. The molecule has 1 fully saturated rings. The summed E-state index contributed by atoms with van der Waals surface area (Å²) >= 11 is 0. The molecule has 0 aliphatic carbocycles. The van der Waals surface area contributed by atoms with Crippen LogP contribution in [0.3, 0.4) is 0 Å². The maximum atomic E-state index is 14.2. The molecule has 1 aliphatic heterocycles. The van der Waals surface area contributed by atoms with Crippen molar-refractivity contribution in [3.63, 3.8) is 0 Å². The fourth-order valence-corrected chi connectivity index (χ4v) is 2.54. The molecule has 0 unspecified atom stereocenters. The number of hydrogen-bond acceptors (Lipinski definition) is 3. The lowest BCUT2D eigenvalue weighted by Gasteiger charge is -2.20. The van der Waals surface area contributed by atoms with Crippen LogP contribution in [0.2, 0.25) is 0 Å². The standard InChI is InChI=1S/C16H24FN3O/c1-3-11(2)15(18)16(21)19-12-6-7-14(13(17)10-12)20-8-4-5-9-20/h6-7,10-11,15H,3-5,8-9,18H2,1-2H3,(H,19,21)/t11-,15-/m0/s1. The van der Waals surface area contributed by atoms with Crippen LogP contribution in [0.25, 0.3) is 0 Å². The van der Waals surface area contributed by atoms with Crippen LogP contribution in [0.15, 0.2) is 18.2 Å². The molecule has 3 N–H and O–H groups in total. The first-order valence-corrected chi connectivity index (χ1v) is 7.64. The average molecular weight is 293 g/mol. The van der Waals surface area contributed by atoms with Gasteiger partial charge >= 0.3 is 0 Å². The van der Waals surface area contributed by atoms with Gasteiger partial charge in [0.25, 0.3) is 0 Å². The van der Waals surface area contributed by atoms with Crippen LogP contribution in [-0.2, 0) is 4.79 Å². The number of carbonyl (C=O) groups excluding carboxylic acids is 1. The molecule has 4 nitrogen and oxygen atoms in total. The minimum Gasteiger partial charge on any atom is -0.369 e.